The molecule has 0 aliphatic carbocycles. The van der Waals surface area contributed by atoms with Crippen molar-refractivity contribution < 1.29 is 18.0 Å². The minimum Gasteiger partial charge on any atom is -0.351 e. The van der Waals surface area contributed by atoms with Crippen LogP contribution in [0.1, 0.15) is 36.7 Å². The molecule has 0 bridgehead atoms. The zero-order valence-electron chi connectivity index (χ0n) is 17.5. The first kappa shape index (κ1) is 23.3. The number of aromatic amines is 1. The first-order valence-electron chi connectivity index (χ1n) is 9.57. The molecule has 6 nitrogen and oxygen atoms in total. The van der Waals surface area contributed by atoms with Crippen LogP contribution in [0.15, 0.2) is 59.6 Å². The standard InChI is InChI=1S/C22H21ClF3N5O/c1-21(2,3)29-20(28-19(32)13-7-9-15(10-8-13)22(24,25)26)27-18-12-17(30-31-18)14-5-4-6-16(23)11-14/h4-12H,1-3H3,(H3,27,28,29,30,31,32). The molecule has 32 heavy (non-hydrogen) atoms. The highest BCUT2D eigenvalue weighted by Gasteiger charge is 2.30. The molecule has 0 aliphatic heterocycles. The predicted molar refractivity (Wildman–Crippen MR) is 119 cm³/mol. The summed E-state index contributed by atoms with van der Waals surface area (Å²) in [5, 5.41) is 13.6. The van der Waals surface area contributed by atoms with Crippen molar-refractivity contribution in [2.45, 2.75) is 32.5 Å². The Morgan fingerprint density at radius 1 is 1.06 bits per heavy atom. The first-order valence-corrected chi connectivity index (χ1v) is 9.95. The van der Waals surface area contributed by atoms with Crippen LogP contribution < -0.4 is 10.6 Å². The van der Waals surface area contributed by atoms with Gasteiger partial charge in [0.25, 0.3) is 5.91 Å². The van der Waals surface area contributed by atoms with Gasteiger partial charge in [0.15, 0.2) is 0 Å². The molecule has 3 N–H and O–H groups in total. The number of carbonyl (C=O) groups excluding carboxylic acids is 1. The molecule has 1 aromatic heterocycles. The van der Waals surface area contributed by atoms with Gasteiger partial charge in [0.05, 0.1) is 11.3 Å². The number of benzene rings is 2. The van der Waals surface area contributed by atoms with E-state index >= 15 is 0 Å². The second-order valence-corrected chi connectivity index (χ2v) is 8.45. The number of carbonyl (C=O) groups is 1. The molecule has 168 valence electrons. The van der Waals surface area contributed by atoms with Crippen LogP contribution in [0.5, 0.6) is 0 Å². The lowest BCUT2D eigenvalue weighted by Gasteiger charge is -2.23. The summed E-state index contributed by atoms with van der Waals surface area (Å²) in [5.41, 5.74) is 0.152. The van der Waals surface area contributed by atoms with Crippen LogP contribution in [-0.2, 0) is 6.18 Å². The molecule has 0 radical (unpaired) electrons. The second-order valence-electron chi connectivity index (χ2n) is 8.02. The van der Waals surface area contributed by atoms with Gasteiger partial charge in [-0.3, -0.25) is 9.89 Å². The lowest BCUT2D eigenvalue weighted by atomic mass is 10.1. The highest BCUT2D eigenvalue weighted by Crippen LogP contribution is 2.29. The number of hydrogen-bond donors (Lipinski definition) is 3. The Morgan fingerprint density at radius 3 is 2.34 bits per heavy atom. The van der Waals surface area contributed by atoms with Crippen molar-refractivity contribution in [3.05, 3.63) is 70.7 Å². The van der Waals surface area contributed by atoms with Crippen molar-refractivity contribution in [2.75, 3.05) is 5.32 Å². The van der Waals surface area contributed by atoms with Gasteiger partial charge in [-0.1, -0.05) is 23.7 Å². The average molecular weight is 464 g/mol. The van der Waals surface area contributed by atoms with Crippen molar-refractivity contribution in [1.82, 2.24) is 15.5 Å². The molecule has 1 amide bonds. The summed E-state index contributed by atoms with van der Waals surface area (Å²) in [7, 11) is 0. The number of aromatic nitrogens is 2. The van der Waals surface area contributed by atoms with Crippen LogP contribution in [-0.4, -0.2) is 27.6 Å². The Kier molecular flexibility index (Phi) is 6.59. The Balaban J connectivity index is 1.84. The molecule has 0 saturated carbocycles. The zero-order chi connectivity index (χ0) is 23.5. The molecule has 2 aromatic carbocycles. The molecular weight excluding hydrogens is 443 g/mol. The van der Waals surface area contributed by atoms with Crippen LogP contribution in [0.25, 0.3) is 11.3 Å². The fourth-order valence-corrected chi connectivity index (χ4v) is 2.91. The summed E-state index contributed by atoms with van der Waals surface area (Å²) in [5.74, 6) is -0.132. The Morgan fingerprint density at radius 2 is 1.75 bits per heavy atom. The molecule has 0 fully saturated rings. The van der Waals surface area contributed by atoms with Crippen molar-refractivity contribution in [3.8, 4) is 11.3 Å². The quantitative estimate of drug-likeness (QED) is 0.341. The number of nitrogens with one attached hydrogen (secondary N) is 3. The van der Waals surface area contributed by atoms with E-state index in [0.29, 0.717) is 16.5 Å². The van der Waals surface area contributed by atoms with E-state index < -0.39 is 23.2 Å². The first-order chi connectivity index (χ1) is 14.9. The highest BCUT2D eigenvalue weighted by atomic mass is 35.5. The van der Waals surface area contributed by atoms with Gasteiger partial charge in [-0.05, 0) is 57.2 Å². The summed E-state index contributed by atoms with van der Waals surface area (Å²) in [4.78, 5) is 16.6. The number of alkyl halides is 3. The van der Waals surface area contributed by atoms with E-state index in [1.54, 1.807) is 24.3 Å². The Labute approximate surface area is 187 Å². The van der Waals surface area contributed by atoms with Crippen LogP contribution in [0, 0.1) is 0 Å². The van der Waals surface area contributed by atoms with Crippen molar-refractivity contribution in [1.29, 1.82) is 0 Å². The molecule has 0 spiro atoms. The van der Waals surface area contributed by atoms with E-state index in [0.717, 1.165) is 29.8 Å². The van der Waals surface area contributed by atoms with Crippen LogP contribution in [0.2, 0.25) is 5.02 Å². The zero-order valence-corrected chi connectivity index (χ0v) is 18.3. The fourth-order valence-electron chi connectivity index (χ4n) is 2.72. The summed E-state index contributed by atoms with van der Waals surface area (Å²) in [6, 6.07) is 12.8. The van der Waals surface area contributed by atoms with E-state index in [4.69, 9.17) is 11.6 Å². The molecule has 0 unspecified atom stereocenters. The molecule has 10 heteroatoms. The highest BCUT2D eigenvalue weighted by molar-refractivity contribution is 6.30. The number of amides is 1. The fraction of sp³-hybridized carbons (Fsp3) is 0.227. The Hall–Kier alpha value is -3.33. The van der Waals surface area contributed by atoms with Gasteiger partial charge in [0.1, 0.15) is 5.82 Å². The van der Waals surface area contributed by atoms with Gasteiger partial charge in [-0.2, -0.15) is 23.3 Å². The van der Waals surface area contributed by atoms with Crippen LogP contribution in [0.3, 0.4) is 0 Å². The van der Waals surface area contributed by atoms with Gasteiger partial charge in [0.2, 0.25) is 5.96 Å². The maximum absolute atomic E-state index is 12.8. The average Bonchev–Trinajstić information content (AvgIpc) is 3.14. The van der Waals surface area contributed by atoms with E-state index in [9.17, 15) is 18.0 Å². The maximum Gasteiger partial charge on any atom is 0.416 e. The molecule has 0 atom stereocenters. The smallest absolute Gasteiger partial charge is 0.351 e. The second kappa shape index (κ2) is 9.04. The van der Waals surface area contributed by atoms with Gasteiger partial charge in [-0.25, -0.2) is 0 Å². The number of H-pyrrole nitrogens is 1. The third-order valence-corrected chi connectivity index (χ3v) is 4.35. The number of halogens is 4. The van der Waals surface area contributed by atoms with Crippen molar-refractivity contribution in [2.24, 2.45) is 4.99 Å². The summed E-state index contributed by atoms with van der Waals surface area (Å²) in [6.45, 7) is 5.62. The molecule has 0 saturated heterocycles. The molecule has 3 aromatic rings. The molecular formula is C22H21ClF3N5O. The molecule has 1 heterocycles. The Bertz CT molecular complexity index is 1130. The third kappa shape index (κ3) is 6.34. The SMILES string of the molecule is CC(C)(C)N/C(=N/C(=O)c1ccc(C(F)(F)F)cc1)Nc1cc(-c2cccc(Cl)c2)n[nH]1. The number of guanidine groups is 1. The third-order valence-electron chi connectivity index (χ3n) is 4.12. The summed E-state index contributed by atoms with van der Waals surface area (Å²) in [6.07, 6.45) is -4.48. The van der Waals surface area contributed by atoms with Gasteiger partial charge in [-0.15, -0.1) is 0 Å². The van der Waals surface area contributed by atoms with Crippen molar-refractivity contribution in [3.63, 3.8) is 0 Å². The lowest BCUT2D eigenvalue weighted by Crippen LogP contribution is -2.44. The lowest BCUT2D eigenvalue weighted by molar-refractivity contribution is -0.137. The monoisotopic (exact) mass is 463 g/mol. The molecule has 3 rings (SSSR count). The topological polar surface area (TPSA) is 82.2 Å². The summed E-state index contributed by atoms with van der Waals surface area (Å²) >= 11 is 6.03. The predicted octanol–water partition coefficient (Wildman–Crippen LogP) is 5.75. The van der Waals surface area contributed by atoms with Gasteiger partial charge >= 0.3 is 6.18 Å². The van der Waals surface area contributed by atoms with Crippen LogP contribution in [0.4, 0.5) is 19.0 Å². The minimum atomic E-state index is -4.48. The number of anilines is 1. The van der Waals surface area contributed by atoms with E-state index in [2.05, 4.69) is 25.8 Å². The number of aliphatic imine (C=N–C) groups is 1. The van der Waals surface area contributed by atoms with Gasteiger partial charge < -0.3 is 10.6 Å². The number of hydrogen-bond acceptors (Lipinski definition) is 2. The van der Waals surface area contributed by atoms with E-state index in [1.807, 2.05) is 26.8 Å². The van der Waals surface area contributed by atoms with E-state index in [-0.39, 0.29) is 11.5 Å². The maximum atomic E-state index is 12.8. The molecule has 0 aliphatic rings. The normalized spacial score (nSPS) is 12.5. The minimum absolute atomic E-state index is 0.0252. The van der Waals surface area contributed by atoms with Crippen molar-refractivity contribution >= 4 is 29.3 Å². The summed E-state index contributed by atoms with van der Waals surface area (Å²) < 4.78 is 38.3. The van der Waals surface area contributed by atoms with Crippen LogP contribution >= 0.6 is 11.6 Å². The number of rotatable bonds is 3. The van der Waals surface area contributed by atoms with Gasteiger partial charge in [0, 0.05) is 27.8 Å². The largest absolute Gasteiger partial charge is 0.416 e. The van der Waals surface area contributed by atoms with E-state index in [1.165, 1.54) is 0 Å². The number of nitrogens with zero attached hydrogens (tertiary/aromatic N) is 2.